The number of carbonyl (C=O) groups is 2. The summed E-state index contributed by atoms with van der Waals surface area (Å²) in [7, 11) is 1.57. The summed E-state index contributed by atoms with van der Waals surface area (Å²) in [4.78, 5) is 24.0. The van der Waals surface area contributed by atoms with Crippen molar-refractivity contribution in [3.8, 4) is 22.6 Å². The van der Waals surface area contributed by atoms with Gasteiger partial charge < -0.3 is 20.5 Å². The minimum atomic E-state index is -0.516. The van der Waals surface area contributed by atoms with Gasteiger partial charge in [-0.1, -0.05) is 31.4 Å². The van der Waals surface area contributed by atoms with E-state index in [1.54, 1.807) is 37.4 Å². The van der Waals surface area contributed by atoms with Crippen LogP contribution in [0.3, 0.4) is 0 Å². The van der Waals surface area contributed by atoms with Crippen molar-refractivity contribution in [2.75, 3.05) is 7.05 Å². The monoisotopic (exact) mass is 368 g/mol. The number of phenolic OH excluding ortho intramolecular Hbond substituents is 1. The Hall–Kier alpha value is -3.02. The molecule has 3 N–H and O–H groups in total. The van der Waals surface area contributed by atoms with Gasteiger partial charge in [0.1, 0.15) is 11.5 Å². The highest BCUT2D eigenvalue weighted by molar-refractivity contribution is 5.95. The number of ether oxygens (including phenoxy) is 1. The molecule has 0 saturated heterocycles. The van der Waals surface area contributed by atoms with Crippen molar-refractivity contribution in [3.63, 3.8) is 0 Å². The van der Waals surface area contributed by atoms with Crippen LogP contribution in [0.1, 0.15) is 42.5 Å². The normalized spacial score (nSPS) is 14.4. The molecule has 0 heterocycles. The smallest absolute Gasteiger partial charge is 0.412 e. The maximum Gasteiger partial charge on any atom is 0.412 e. The molecule has 0 atom stereocenters. The molecule has 6 nitrogen and oxygen atoms in total. The molecule has 0 bridgehead atoms. The number of carbonyl (C=O) groups excluding carboxylic acids is 2. The maximum absolute atomic E-state index is 12.2. The average Bonchev–Trinajstić information content (AvgIpc) is 2.67. The van der Waals surface area contributed by atoms with Gasteiger partial charge in [-0.05, 0) is 48.2 Å². The van der Waals surface area contributed by atoms with Crippen LogP contribution in [0, 0.1) is 0 Å². The average molecular weight is 368 g/mol. The summed E-state index contributed by atoms with van der Waals surface area (Å²) in [6.45, 7) is 0. The lowest BCUT2D eigenvalue weighted by molar-refractivity contribution is 0.0963. The summed E-state index contributed by atoms with van der Waals surface area (Å²) in [5.74, 6) is 0.0438. The molecule has 142 valence electrons. The van der Waals surface area contributed by atoms with Crippen molar-refractivity contribution in [1.82, 2.24) is 10.6 Å². The van der Waals surface area contributed by atoms with Gasteiger partial charge >= 0.3 is 6.09 Å². The summed E-state index contributed by atoms with van der Waals surface area (Å²) in [6.07, 6.45) is 4.85. The predicted molar refractivity (Wildman–Crippen MR) is 103 cm³/mol. The SMILES string of the molecule is CNC(=O)c1cccc(-c2cc(O)cc(OC(=O)NC3CCCCC3)c2)c1. The lowest BCUT2D eigenvalue weighted by Crippen LogP contribution is -2.37. The Balaban J connectivity index is 1.76. The van der Waals surface area contributed by atoms with E-state index in [0.29, 0.717) is 11.1 Å². The molecular weight excluding hydrogens is 344 g/mol. The van der Waals surface area contributed by atoms with Gasteiger partial charge in [-0.25, -0.2) is 4.79 Å². The molecule has 0 radical (unpaired) electrons. The van der Waals surface area contributed by atoms with Gasteiger partial charge in [0.2, 0.25) is 0 Å². The van der Waals surface area contributed by atoms with E-state index < -0.39 is 6.09 Å². The van der Waals surface area contributed by atoms with Crippen molar-refractivity contribution in [2.24, 2.45) is 0 Å². The van der Waals surface area contributed by atoms with E-state index in [4.69, 9.17) is 4.74 Å². The largest absolute Gasteiger partial charge is 0.508 e. The molecule has 2 aromatic rings. The van der Waals surface area contributed by atoms with E-state index in [-0.39, 0.29) is 23.4 Å². The minimum absolute atomic E-state index is 0.0155. The van der Waals surface area contributed by atoms with Crippen LogP contribution in [-0.2, 0) is 0 Å². The lowest BCUT2D eigenvalue weighted by Gasteiger charge is -2.22. The topological polar surface area (TPSA) is 87.7 Å². The first-order valence-corrected chi connectivity index (χ1v) is 9.20. The summed E-state index contributed by atoms with van der Waals surface area (Å²) >= 11 is 0. The zero-order valence-electron chi connectivity index (χ0n) is 15.3. The second-order valence-electron chi connectivity index (χ2n) is 6.74. The molecule has 0 aliphatic heterocycles. The van der Waals surface area contributed by atoms with Crippen molar-refractivity contribution < 1.29 is 19.4 Å². The molecule has 1 saturated carbocycles. The van der Waals surface area contributed by atoms with Crippen LogP contribution in [-0.4, -0.2) is 30.2 Å². The van der Waals surface area contributed by atoms with Crippen LogP contribution in [0.4, 0.5) is 4.79 Å². The van der Waals surface area contributed by atoms with Gasteiger partial charge in [-0.2, -0.15) is 0 Å². The fourth-order valence-corrected chi connectivity index (χ4v) is 3.34. The first kappa shape index (κ1) is 18.8. The highest BCUT2D eigenvalue weighted by Crippen LogP contribution is 2.30. The standard InChI is InChI=1S/C21H24N2O4/c1-22-20(25)15-7-5-6-14(10-15)16-11-18(24)13-19(12-16)27-21(26)23-17-8-3-2-4-9-17/h5-7,10-13,17,24H,2-4,8-9H2,1H3,(H,22,25)(H,23,26). The lowest BCUT2D eigenvalue weighted by atomic mass is 9.96. The third-order valence-corrected chi connectivity index (χ3v) is 4.71. The Morgan fingerprint density at radius 2 is 1.81 bits per heavy atom. The Morgan fingerprint density at radius 1 is 1.04 bits per heavy atom. The van der Waals surface area contributed by atoms with E-state index in [2.05, 4.69) is 10.6 Å². The van der Waals surface area contributed by atoms with Gasteiger partial charge in [0.25, 0.3) is 5.91 Å². The number of benzene rings is 2. The molecule has 2 aromatic carbocycles. The number of phenols is 1. The van der Waals surface area contributed by atoms with E-state index in [1.807, 2.05) is 6.07 Å². The molecule has 1 aliphatic rings. The summed E-state index contributed by atoms with van der Waals surface area (Å²) < 4.78 is 5.37. The Kier molecular flexibility index (Phi) is 5.96. The Labute approximate surface area is 158 Å². The maximum atomic E-state index is 12.2. The molecule has 2 amide bonds. The number of aromatic hydroxyl groups is 1. The predicted octanol–water partition coefficient (Wildman–Crippen LogP) is 3.84. The fraction of sp³-hybridized carbons (Fsp3) is 0.333. The van der Waals surface area contributed by atoms with Gasteiger partial charge in [0, 0.05) is 24.7 Å². The van der Waals surface area contributed by atoms with Crippen LogP contribution in [0.2, 0.25) is 0 Å². The highest BCUT2D eigenvalue weighted by atomic mass is 16.6. The quantitative estimate of drug-likeness (QED) is 0.765. The van der Waals surface area contributed by atoms with Crippen molar-refractivity contribution >= 4 is 12.0 Å². The van der Waals surface area contributed by atoms with Gasteiger partial charge in [-0.3, -0.25) is 4.79 Å². The molecule has 6 heteroatoms. The number of hydrogen-bond acceptors (Lipinski definition) is 4. The zero-order valence-corrected chi connectivity index (χ0v) is 15.3. The number of amides is 2. The Bertz CT molecular complexity index is 829. The van der Waals surface area contributed by atoms with Crippen LogP contribution in [0.25, 0.3) is 11.1 Å². The number of hydrogen-bond donors (Lipinski definition) is 3. The molecular formula is C21H24N2O4. The van der Waals surface area contributed by atoms with E-state index in [9.17, 15) is 14.7 Å². The molecule has 0 aromatic heterocycles. The zero-order chi connectivity index (χ0) is 19.2. The molecule has 1 fully saturated rings. The van der Waals surface area contributed by atoms with E-state index in [1.165, 1.54) is 12.5 Å². The fourth-order valence-electron chi connectivity index (χ4n) is 3.34. The van der Waals surface area contributed by atoms with Crippen LogP contribution < -0.4 is 15.4 Å². The minimum Gasteiger partial charge on any atom is -0.508 e. The number of rotatable bonds is 4. The van der Waals surface area contributed by atoms with Crippen molar-refractivity contribution in [1.29, 1.82) is 0 Å². The van der Waals surface area contributed by atoms with Crippen molar-refractivity contribution in [3.05, 3.63) is 48.0 Å². The summed E-state index contributed by atoms with van der Waals surface area (Å²) in [5.41, 5.74) is 1.90. The van der Waals surface area contributed by atoms with E-state index in [0.717, 1.165) is 31.2 Å². The second-order valence-corrected chi connectivity index (χ2v) is 6.74. The highest BCUT2D eigenvalue weighted by Gasteiger charge is 2.17. The Morgan fingerprint density at radius 3 is 2.56 bits per heavy atom. The molecule has 3 rings (SSSR count). The third-order valence-electron chi connectivity index (χ3n) is 4.71. The first-order chi connectivity index (χ1) is 13.0. The third kappa shape index (κ3) is 5.00. The molecule has 27 heavy (non-hydrogen) atoms. The second kappa shape index (κ2) is 8.58. The van der Waals surface area contributed by atoms with Gasteiger partial charge in [0.05, 0.1) is 0 Å². The van der Waals surface area contributed by atoms with Crippen LogP contribution in [0.5, 0.6) is 11.5 Å². The first-order valence-electron chi connectivity index (χ1n) is 9.20. The van der Waals surface area contributed by atoms with E-state index >= 15 is 0 Å². The van der Waals surface area contributed by atoms with Gasteiger partial charge in [0.15, 0.2) is 0 Å². The summed E-state index contributed by atoms with van der Waals surface area (Å²) in [6, 6.07) is 11.8. The molecule has 0 unspecified atom stereocenters. The van der Waals surface area contributed by atoms with Crippen LogP contribution >= 0.6 is 0 Å². The van der Waals surface area contributed by atoms with Gasteiger partial charge in [-0.15, -0.1) is 0 Å². The molecule has 1 aliphatic carbocycles. The summed E-state index contributed by atoms with van der Waals surface area (Å²) in [5, 5.41) is 15.5. The molecule has 0 spiro atoms. The van der Waals surface area contributed by atoms with Crippen molar-refractivity contribution in [2.45, 2.75) is 38.1 Å². The van der Waals surface area contributed by atoms with Crippen LogP contribution in [0.15, 0.2) is 42.5 Å². The number of nitrogens with one attached hydrogen (secondary N) is 2.